The number of amides is 1. The van der Waals surface area contributed by atoms with Crippen LogP contribution in [0.3, 0.4) is 0 Å². The summed E-state index contributed by atoms with van der Waals surface area (Å²) in [5.74, 6) is -1.63. The van der Waals surface area contributed by atoms with E-state index < -0.39 is 35.3 Å². The monoisotopic (exact) mass is 401 g/mol. The highest BCUT2D eigenvalue weighted by molar-refractivity contribution is 6.00. The second-order valence-corrected chi connectivity index (χ2v) is 6.77. The number of benzene rings is 2. The lowest BCUT2D eigenvalue weighted by atomic mass is 9.86. The second kappa shape index (κ2) is 7.14. The van der Waals surface area contributed by atoms with E-state index in [9.17, 15) is 31.1 Å². The molecule has 150 valence electrons. The van der Waals surface area contributed by atoms with Gasteiger partial charge in [0, 0.05) is 12.2 Å². The second-order valence-electron chi connectivity index (χ2n) is 6.77. The minimum atomic E-state index is -4.55. The van der Waals surface area contributed by atoms with Gasteiger partial charge in [-0.15, -0.1) is 0 Å². The molecule has 0 saturated carbocycles. The highest BCUT2D eigenvalue weighted by Crippen LogP contribution is 2.41. The zero-order chi connectivity index (χ0) is 20.7. The molecule has 2 nitrogen and oxygen atoms in total. The van der Waals surface area contributed by atoms with Gasteiger partial charge in [-0.25, -0.2) is 0 Å². The minimum absolute atomic E-state index is 0.0905. The Kier molecular flexibility index (Phi) is 5.16. The number of halogens is 6. The molecular weight excluding hydrogens is 384 g/mol. The van der Waals surface area contributed by atoms with Crippen molar-refractivity contribution in [1.29, 1.82) is 0 Å². The van der Waals surface area contributed by atoms with Crippen LogP contribution in [-0.2, 0) is 17.1 Å². The van der Waals surface area contributed by atoms with Crippen LogP contribution in [0.25, 0.3) is 0 Å². The predicted molar refractivity (Wildman–Crippen MR) is 91.8 cm³/mol. The van der Waals surface area contributed by atoms with Gasteiger partial charge in [0.2, 0.25) is 5.91 Å². The first-order valence-corrected chi connectivity index (χ1v) is 8.68. The Balaban J connectivity index is 1.97. The summed E-state index contributed by atoms with van der Waals surface area (Å²) < 4.78 is 78.0. The Morgan fingerprint density at radius 2 is 1.50 bits per heavy atom. The zero-order valence-electron chi connectivity index (χ0n) is 14.8. The molecule has 2 aromatic rings. The van der Waals surface area contributed by atoms with E-state index in [1.165, 1.54) is 29.2 Å². The molecule has 0 aromatic heterocycles. The van der Waals surface area contributed by atoms with Gasteiger partial charge < -0.3 is 4.90 Å². The van der Waals surface area contributed by atoms with Gasteiger partial charge in [-0.2, -0.15) is 26.3 Å². The largest absolute Gasteiger partial charge is 0.416 e. The first-order chi connectivity index (χ1) is 13.0. The molecule has 0 spiro atoms. The SMILES string of the molecule is CC[C@@H]1CN(c2cccc(C(F)(F)F)c2)C(=O)[C@H]1c1cccc(C(F)(F)F)c1. The molecule has 1 amide bonds. The summed E-state index contributed by atoms with van der Waals surface area (Å²) in [6, 6.07) is 8.97. The summed E-state index contributed by atoms with van der Waals surface area (Å²) in [5, 5.41) is 0. The fraction of sp³-hybridized carbons (Fsp3) is 0.350. The molecule has 1 saturated heterocycles. The third-order valence-corrected chi connectivity index (χ3v) is 5.00. The number of carbonyl (C=O) groups is 1. The third-order valence-electron chi connectivity index (χ3n) is 5.00. The lowest BCUT2D eigenvalue weighted by Crippen LogP contribution is -2.26. The van der Waals surface area contributed by atoms with Crippen LogP contribution >= 0.6 is 0 Å². The molecule has 2 aromatic carbocycles. The van der Waals surface area contributed by atoms with Crippen molar-refractivity contribution >= 4 is 11.6 Å². The molecule has 1 heterocycles. The summed E-state index contributed by atoms with van der Waals surface area (Å²) in [5.41, 5.74) is -1.42. The molecule has 2 atom stereocenters. The average molecular weight is 401 g/mol. The topological polar surface area (TPSA) is 20.3 Å². The summed E-state index contributed by atoms with van der Waals surface area (Å²) in [4.78, 5) is 14.2. The van der Waals surface area contributed by atoms with Gasteiger partial charge in [0.15, 0.2) is 0 Å². The Morgan fingerprint density at radius 1 is 0.929 bits per heavy atom. The highest BCUT2D eigenvalue weighted by atomic mass is 19.4. The molecule has 1 aliphatic rings. The number of hydrogen-bond donors (Lipinski definition) is 0. The molecule has 0 aliphatic carbocycles. The standard InChI is InChI=1S/C20H17F6NO/c1-2-12-11-27(16-8-4-7-15(10-16)20(24,25)26)18(28)17(12)13-5-3-6-14(9-13)19(21,22)23/h3-10,12,17H,2,11H2,1H3/t12-,17-/m1/s1. The van der Waals surface area contributed by atoms with E-state index in [0.29, 0.717) is 6.42 Å². The van der Waals surface area contributed by atoms with Crippen molar-refractivity contribution in [2.45, 2.75) is 31.6 Å². The smallest absolute Gasteiger partial charge is 0.312 e. The average Bonchev–Trinajstić information content (AvgIpc) is 2.97. The zero-order valence-corrected chi connectivity index (χ0v) is 14.8. The first-order valence-electron chi connectivity index (χ1n) is 8.68. The number of anilines is 1. The Bertz CT molecular complexity index is 873. The Morgan fingerprint density at radius 3 is 2.07 bits per heavy atom. The quantitative estimate of drug-likeness (QED) is 0.588. The van der Waals surface area contributed by atoms with Crippen LogP contribution in [0.2, 0.25) is 0 Å². The number of alkyl halides is 6. The van der Waals surface area contributed by atoms with Crippen molar-refractivity contribution in [3.63, 3.8) is 0 Å². The molecule has 1 aliphatic heterocycles. The molecule has 0 radical (unpaired) electrons. The number of carbonyl (C=O) groups excluding carboxylic acids is 1. The van der Waals surface area contributed by atoms with E-state index in [1.54, 1.807) is 6.92 Å². The summed E-state index contributed by atoms with van der Waals surface area (Å²) in [7, 11) is 0. The number of rotatable bonds is 3. The molecule has 1 fully saturated rings. The van der Waals surface area contributed by atoms with Gasteiger partial charge in [0.1, 0.15) is 0 Å². The van der Waals surface area contributed by atoms with Crippen molar-refractivity contribution in [3.05, 3.63) is 65.2 Å². The Labute approximate surface area is 157 Å². The predicted octanol–water partition coefficient (Wildman–Crippen LogP) is 5.88. The van der Waals surface area contributed by atoms with Crippen LogP contribution in [0.15, 0.2) is 48.5 Å². The fourth-order valence-electron chi connectivity index (χ4n) is 3.57. The van der Waals surface area contributed by atoms with Crippen LogP contribution in [0, 0.1) is 5.92 Å². The van der Waals surface area contributed by atoms with Gasteiger partial charge in [-0.05, 0) is 35.7 Å². The van der Waals surface area contributed by atoms with E-state index in [2.05, 4.69) is 0 Å². The Hall–Kier alpha value is -2.51. The lowest BCUT2D eigenvalue weighted by molar-refractivity contribution is -0.138. The molecule has 0 bridgehead atoms. The fourth-order valence-corrected chi connectivity index (χ4v) is 3.57. The van der Waals surface area contributed by atoms with Gasteiger partial charge in [-0.1, -0.05) is 37.6 Å². The number of hydrogen-bond acceptors (Lipinski definition) is 1. The molecule has 0 N–H and O–H groups in total. The van der Waals surface area contributed by atoms with Crippen LogP contribution in [0.5, 0.6) is 0 Å². The van der Waals surface area contributed by atoms with E-state index in [4.69, 9.17) is 0 Å². The molecule has 0 unspecified atom stereocenters. The van der Waals surface area contributed by atoms with Crippen LogP contribution in [-0.4, -0.2) is 12.5 Å². The maximum atomic E-state index is 13.0. The van der Waals surface area contributed by atoms with E-state index in [1.807, 2.05) is 0 Å². The van der Waals surface area contributed by atoms with Crippen molar-refractivity contribution in [1.82, 2.24) is 0 Å². The maximum absolute atomic E-state index is 13.0. The van der Waals surface area contributed by atoms with Crippen molar-refractivity contribution in [2.75, 3.05) is 11.4 Å². The highest BCUT2D eigenvalue weighted by Gasteiger charge is 2.42. The molecule has 28 heavy (non-hydrogen) atoms. The summed E-state index contributed by atoms with van der Waals surface area (Å²) in [6.45, 7) is 1.95. The lowest BCUT2D eigenvalue weighted by Gasteiger charge is -2.19. The van der Waals surface area contributed by atoms with Gasteiger partial charge >= 0.3 is 12.4 Å². The van der Waals surface area contributed by atoms with Crippen molar-refractivity contribution in [3.8, 4) is 0 Å². The van der Waals surface area contributed by atoms with Crippen LogP contribution in [0.1, 0.15) is 36.0 Å². The molecular formula is C20H17F6NO. The molecule has 8 heteroatoms. The molecule has 3 rings (SSSR count). The summed E-state index contributed by atoms with van der Waals surface area (Å²) >= 11 is 0. The number of nitrogens with zero attached hydrogens (tertiary/aromatic N) is 1. The van der Waals surface area contributed by atoms with E-state index in [0.717, 1.165) is 24.3 Å². The third kappa shape index (κ3) is 3.86. The van der Waals surface area contributed by atoms with Crippen molar-refractivity contribution in [2.24, 2.45) is 5.92 Å². The van der Waals surface area contributed by atoms with Crippen molar-refractivity contribution < 1.29 is 31.1 Å². The van der Waals surface area contributed by atoms with Gasteiger partial charge in [0.25, 0.3) is 0 Å². The maximum Gasteiger partial charge on any atom is 0.416 e. The minimum Gasteiger partial charge on any atom is -0.312 e. The first kappa shape index (κ1) is 20.2. The van der Waals surface area contributed by atoms with E-state index in [-0.39, 0.29) is 23.7 Å². The van der Waals surface area contributed by atoms with E-state index >= 15 is 0 Å². The normalized spacial score (nSPS) is 20.7. The van der Waals surface area contributed by atoms with Crippen LogP contribution in [0.4, 0.5) is 32.0 Å². The van der Waals surface area contributed by atoms with Gasteiger partial charge in [0.05, 0.1) is 17.0 Å². The summed E-state index contributed by atoms with van der Waals surface area (Å²) in [6.07, 6.45) is -8.59. The van der Waals surface area contributed by atoms with Gasteiger partial charge in [-0.3, -0.25) is 4.79 Å². The van der Waals surface area contributed by atoms with Crippen LogP contribution < -0.4 is 4.90 Å².